The third kappa shape index (κ3) is 2.66. The SMILES string of the molecule is O=C(Nc1ccc(F)cn1)N[C@@H]1C[C@H]1CO. The Balaban J connectivity index is 1.81. The second kappa shape index (κ2) is 4.44. The molecule has 3 N–H and O–H groups in total. The number of anilines is 1. The van der Waals surface area contributed by atoms with Crippen LogP contribution < -0.4 is 10.6 Å². The first-order chi connectivity index (χ1) is 7.69. The number of hydrogen-bond donors (Lipinski definition) is 3. The summed E-state index contributed by atoms with van der Waals surface area (Å²) in [5, 5.41) is 13.9. The molecule has 1 fully saturated rings. The third-order valence-electron chi connectivity index (χ3n) is 2.44. The van der Waals surface area contributed by atoms with Crippen LogP contribution in [0.5, 0.6) is 0 Å². The highest BCUT2D eigenvalue weighted by atomic mass is 19.1. The minimum absolute atomic E-state index is 0.0328. The topological polar surface area (TPSA) is 74.2 Å². The predicted molar refractivity (Wildman–Crippen MR) is 55.3 cm³/mol. The number of amides is 2. The standard InChI is InChI=1S/C10H12FN3O2/c11-7-1-2-9(12-4-7)14-10(16)13-8-3-6(8)5-15/h1-2,4,6,8,15H,3,5H2,(H2,12,13,14,16)/t6-,8+/m0/s1. The van der Waals surface area contributed by atoms with Gasteiger partial charge in [0.15, 0.2) is 0 Å². The summed E-state index contributed by atoms with van der Waals surface area (Å²) in [6.07, 6.45) is 1.82. The van der Waals surface area contributed by atoms with Crippen LogP contribution in [0.4, 0.5) is 15.0 Å². The number of nitrogens with zero attached hydrogens (tertiary/aromatic N) is 1. The van der Waals surface area contributed by atoms with E-state index in [9.17, 15) is 9.18 Å². The van der Waals surface area contributed by atoms with E-state index in [4.69, 9.17) is 5.11 Å². The van der Waals surface area contributed by atoms with Gasteiger partial charge in [0.1, 0.15) is 11.6 Å². The zero-order valence-corrected chi connectivity index (χ0v) is 8.48. The minimum Gasteiger partial charge on any atom is -0.396 e. The van der Waals surface area contributed by atoms with Gasteiger partial charge < -0.3 is 10.4 Å². The lowest BCUT2D eigenvalue weighted by molar-refractivity contribution is 0.247. The molecule has 0 aliphatic heterocycles. The highest BCUT2D eigenvalue weighted by Crippen LogP contribution is 2.29. The lowest BCUT2D eigenvalue weighted by atomic mass is 10.4. The molecule has 2 rings (SSSR count). The van der Waals surface area contributed by atoms with Gasteiger partial charge in [-0.05, 0) is 18.6 Å². The summed E-state index contributed by atoms with van der Waals surface area (Å²) in [6.45, 7) is 0.0831. The van der Waals surface area contributed by atoms with Gasteiger partial charge in [0.2, 0.25) is 0 Å². The summed E-state index contributed by atoms with van der Waals surface area (Å²) < 4.78 is 12.5. The lowest BCUT2D eigenvalue weighted by Crippen LogP contribution is -2.32. The Bertz CT molecular complexity index is 382. The Morgan fingerprint density at radius 2 is 2.44 bits per heavy atom. The quantitative estimate of drug-likeness (QED) is 0.709. The first-order valence-corrected chi connectivity index (χ1v) is 4.99. The normalized spacial score (nSPS) is 22.6. The molecule has 2 amide bonds. The van der Waals surface area contributed by atoms with Crippen LogP contribution in [-0.4, -0.2) is 28.8 Å². The molecule has 1 aromatic heterocycles. The van der Waals surface area contributed by atoms with E-state index in [-0.39, 0.29) is 24.6 Å². The van der Waals surface area contributed by atoms with Crippen LogP contribution in [0.15, 0.2) is 18.3 Å². The molecular weight excluding hydrogens is 213 g/mol. The van der Waals surface area contributed by atoms with E-state index in [0.29, 0.717) is 5.82 Å². The molecule has 5 nitrogen and oxygen atoms in total. The van der Waals surface area contributed by atoms with E-state index in [1.165, 1.54) is 12.1 Å². The van der Waals surface area contributed by atoms with Gasteiger partial charge in [-0.1, -0.05) is 0 Å². The summed E-state index contributed by atoms with van der Waals surface area (Å²) in [6, 6.07) is 2.24. The molecule has 1 heterocycles. The monoisotopic (exact) mass is 225 g/mol. The number of urea groups is 1. The van der Waals surface area contributed by atoms with E-state index >= 15 is 0 Å². The van der Waals surface area contributed by atoms with Gasteiger partial charge in [-0.3, -0.25) is 5.32 Å². The maximum atomic E-state index is 12.5. The molecule has 86 valence electrons. The number of rotatable bonds is 3. The van der Waals surface area contributed by atoms with E-state index in [2.05, 4.69) is 15.6 Å². The van der Waals surface area contributed by atoms with Crippen molar-refractivity contribution in [1.29, 1.82) is 0 Å². The molecule has 2 atom stereocenters. The van der Waals surface area contributed by atoms with Crippen molar-refractivity contribution in [1.82, 2.24) is 10.3 Å². The molecule has 0 saturated heterocycles. The van der Waals surface area contributed by atoms with Crippen LogP contribution in [0, 0.1) is 11.7 Å². The molecule has 0 radical (unpaired) electrons. The van der Waals surface area contributed by atoms with Crippen LogP contribution >= 0.6 is 0 Å². The summed E-state index contributed by atoms with van der Waals surface area (Å²) in [5.74, 6) is 0.000482. The van der Waals surface area contributed by atoms with Crippen molar-refractivity contribution >= 4 is 11.8 Å². The number of halogens is 1. The molecule has 1 saturated carbocycles. The molecule has 0 aromatic carbocycles. The summed E-state index contributed by atoms with van der Waals surface area (Å²) in [5.41, 5.74) is 0. The van der Waals surface area contributed by atoms with Gasteiger partial charge in [0, 0.05) is 18.6 Å². The molecule has 6 heteroatoms. The van der Waals surface area contributed by atoms with Gasteiger partial charge in [-0.15, -0.1) is 0 Å². The number of carbonyl (C=O) groups excluding carboxylic acids is 1. The van der Waals surface area contributed by atoms with E-state index in [0.717, 1.165) is 12.6 Å². The average molecular weight is 225 g/mol. The minimum atomic E-state index is -0.450. The van der Waals surface area contributed by atoms with E-state index < -0.39 is 5.82 Å². The van der Waals surface area contributed by atoms with E-state index in [1.54, 1.807) is 0 Å². The fourth-order valence-corrected chi connectivity index (χ4v) is 1.40. The van der Waals surface area contributed by atoms with Crippen molar-refractivity contribution in [2.24, 2.45) is 5.92 Å². The molecular formula is C10H12FN3O2. The molecule has 16 heavy (non-hydrogen) atoms. The van der Waals surface area contributed by atoms with Gasteiger partial charge in [0.25, 0.3) is 0 Å². The number of nitrogens with one attached hydrogen (secondary N) is 2. The number of carbonyl (C=O) groups is 1. The second-order valence-electron chi connectivity index (χ2n) is 3.74. The van der Waals surface area contributed by atoms with E-state index in [1.807, 2.05) is 0 Å². The van der Waals surface area contributed by atoms with Gasteiger partial charge in [-0.2, -0.15) is 0 Å². The first kappa shape index (κ1) is 10.8. The largest absolute Gasteiger partial charge is 0.396 e. The fraction of sp³-hybridized carbons (Fsp3) is 0.400. The van der Waals surface area contributed by atoms with Crippen LogP contribution in [0.2, 0.25) is 0 Å². The Morgan fingerprint density at radius 1 is 1.62 bits per heavy atom. The van der Waals surface area contributed by atoms with Crippen molar-refractivity contribution in [2.75, 3.05) is 11.9 Å². The average Bonchev–Trinajstić information content (AvgIpc) is 3.00. The Labute approximate surface area is 91.7 Å². The first-order valence-electron chi connectivity index (χ1n) is 4.99. The Morgan fingerprint density at radius 3 is 3.00 bits per heavy atom. The summed E-state index contributed by atoms with van der Waals surface area (Å²) >= 11 is 0. The molecule has 1 aliphatic rings. The summed E-state index contributed by atoms with van der Waals surface area (Å²) in [4.78, 5) is 15.1. The zero-order chi connectivity index (χ0) is 11.5. The Kier molecular flexibility index (Phi) is 3.00. The molecule has 0 unspecified atom stereocenters. The second-order valence-corrected chi connectivity index (χ2v) is 3.74. The van der Waals surface area contributed by atoms with Gasteiger partial charge in [-0.25, -0.2) is 14.2 Å². The van der Waals surface area contributed by atoms with Crippen molar-refractivity contribution < 1.29 is 14.3 Å². The lowest BCUT2D eigenvalue weighted by Gasteiger charge is -2.05. The van der Waals surface area contributed by atoms with Crippen LogP contribution in [0.25, 0.3) is 0 Å². The third-order valence-corrected chi connectivity index (χ3v) is 2.44. The highest BCUT2D eigenvalue weighted by molar-refractivity contribution is 5.88. The maximum Gasteiger partial charge on any atom is 0.320 e. The van der Waals surface area contributed by atoms with Crippen molar-refractivity contribution in [2.45, 2.75) is 12.5 Å². The molecule has 0 bridgehead atoms. The Hall–Kier alpha value is -1.69. The van der Waals surface area contributed by atoms with Gasteiger partial charge >= 0.3 is 6.03 Å². The molecule has 1 aliphatic carbocycles. The van der Waals surface area contributed by atoms with Crippen molar-refractivity contribution in [3.05, 3.63) is 24.1 Å². The number of aliphatic hydroxyl groups is 1. The smallest absolute Gasteiger partial charge is 0.320 e. The van der Waals surface area contributed by atoms with Crippen LogP contribution in [0.3, 0.4) is 0 Å². The molecule has 0 spiro atoms. The molecule has 1 aromatic rings. The predicted octanol–water partition coefficient (Wildman–Crippen LogP) is 0.723. The fourth-order valence-electron chi connectivity index (χ4n) is 1.40. The highest BCUT2D eigenvalue weighted by Gasteiger charge is 2.37. The van der Waals surface area contributed by atoms with Gasteiger partial charge in [0.05, 0.1) is 6.20 Å². The van der Waals surface area contributed by atoms with Crippen molar-refractivity contribution in [3.8, 4) is 0 Å². The van der Waals surface area contributed by atoms with Crippen molar-refractivity contribution in [3.63, 3.8) is 0 Å². The zero-order valence-electron chi connectivity index (χ0n) is 8.48. The maximum absolute atomic E-state index is 12.5. The number of aliphatic hydroxyl groups excluding tert-OH is 1. The van der Waals surface area contributed by atoms with Crippen LogP contribution in [0.1, 0.15) is 6.42 Å². The van der Waals surface area contributed by atoms with Crippen LogP contribution in [-0.2, 0) is 0 Å². The number of pyridine rings is 1. The number of aromatic nitrogens is 1. The number of hydrogen-bond acceptors (Lipinski definition) is 3. The summed E-state index contributed by atoms with van der Waals surface area (Å²) in [7, 11) is 0.